The maximum Gasteiger partial charge on any atom is 0.191 e. The highest BCUT2D eigenvalue weighted by molar-refractivity contribution is 14.0. The number of piperidine rings is 1. The summed E-state index contributed by atoms with van der Waals surface area (Å²) in [5.41, 5.74) is 1.31. The molecule has 6 heteroatoms. The van der Waals surface area contributed by atoms with E-state index in [1.165, 1.54) is 5.69 Å². The van der Waals surface area contributed by atoms with Crippen molar-refractivity contribution in [2.45, 2.75) is 32.7 Å². The molecule has 1 aromatic carbocycles. The minimum absolute atomic E-state index is 0. The van der Waals surface area contributed by atoms with E-state index in [0.29, 0.717) is 12.6 Å². The number of halogens is 1. The van der Waals surface area contributed by atoms with E-state index in [1.54, 1.807) is 0 Å². The molecule has 1 atom stereocenters. The van der Waals surface area contributed by atoms with E-state index >= 15 is 0 Å². The first-order valence-corrected chi connectivity index (χ1v) is 8.68. The van der Waals surface area contributed by atoms with E-state index in [4.69, 9.17) is 5.11 Å². The van der Waals surface area contributed by atoms with Crippen molar-refractivity contribution < 1.29 is 5.11 Å². The Labute approximate surface area is 162 Å². The van der Waals surface area contributed by atoms with Gasteiger partial charge >= 0.3 is 0 Å². The minimum Gasteiger partial charge on any atom is -0.396 e. The molecule has 3 N–H and O–H groups in total. The molecule has 5 nitrogen and oxygen atoms in total. The molecule has 2 rings (SSSR count). The Hall–Kier alpha value is -1.02. The van der Waals surface area contributed by atoms with Gasteiger partial charge in [0.15, 0.2) is 5.96 Å². The summed E-state index contributed by atoms with van der Waals surface area (Å²) in [5, 5.41) is 16.0. The zero-order valence-corrected chi connectivity index (χ0v) is 17.1. The third kappa shape index (κ3) is 6.84. The van der Waals surface area contributed by atoms with Crippen molar-refractivity contribution in [3.05, 3.63) is 30.3 Å². The van der Waals surface area contributed by atoms with Crippen molar-refractivity contribution in [2.75, 3.05) is 37.7 Å². The molecule has 1 unspecified atom stereocenters. The summed E-state index contributed by atoms with van der Waals surface area (Å²) < 4.78 is 0. The highest BCUT2D eigenvalue weighted by Crippen LogP contribution is 2.19. The van der Waals surface area contributed by atoms with Crippen LogP contribution in [-0.4, -0.2) is 49.9 Å². The van der Waals surface area contributed by atoms with Gasteiger partial charge in [0, 0.05) is 44.5 Å². The van der Waals surface area contributed by atoms with Gasteiger partial charge in [0.2, 0.25) is 0 Å². The normalized spacial score (nSPS) is 17.1. The van der Waals surface area contributed by atoms with Gasteiger partial charge in [-0.2, -0.15) is 0 Å². The average molecular weight is 446 g/mol. The third-order valence-electron chi connectivity index (χ3n) is 4.17. The molecule has 24 heavy (non-hydrogen) atoms. The molecule has 0 saturated carbocycles. The number of aliphatic hydroxyl groups excluding tert-OH is 1. The van der Waals surface area contributed by atoms with Crippen LogP contribution in [0.3, 0.4) is 0 Å². The van der Waals surface area contributed by atoms with Crippen LogP contribution in [-0.2, 0) is 0 Å². The second kappa shape index (κ2) is 11.5. The second-order valence-electron chi connectivity index (χ2n) is 6.25. The molecule has 1 saturated heterocycles. The zero-order chi connectivity index (χ0) is 16.5. The number of rotatable bonds is 6. The topological polar surface area (TPSA) is 59.9 Å². The Morgan fingerprint density at radius 2 is 1.96 bits per heavy atom. The Balaban J connectivity index is 0.00000288. The van der Waals surface area contributed by atoms with E-state index in [0.717, 1.165) is 38.4 Å². The summed E-state index contributed by atoms with van der Waals surface area (Å²) >= 11 is 0. The van der Waals surface area contributed by atoms with Crippen LogP contribution in [0.2, 0.25) is 0 Å². The Morgan fingerprint density at radius 3 is 2.54 bits per heavy atom. The Morgan fingerprint density at radius 1 is 1.29 bits per heavy atom. The van der Waals surface area contributed by atoms with Crippen molar-refractivity contribution in [3.63, 3.8) is 0 Å². The quantitative estimate of drug-likeness (QED) is 0.357. The highest BCUT2D eigenvalue weighted by Gasteiger charge is 2.20. The maximum absolute atomic E-state index is 9.12. The van der Waals surface area contributed by atoms with E-state index in [2.05, 4.69) is 57.8 Å². The van der Waals surface area contributed by atoms with Crippen molar-refractivity contribution in [1.82, 2.24) is 10.6 Å². The number of hydrogen-bond acceptors (Lipinski definition) is 3. The molecule has 136 valence electrons. The number of aliphatic imine (C=N–C) groups is 1. The number of aliphatic hydroxyl groups is 1. The fourth-order valence-electron chi connectivity index (χ4n) is 2.74. The molecule has 1 fully saturated rings. The van der Waals surface area contributed by atoms with Gasteiger partial charge in [0.25, 0.3) is 0 Å². The largest absolute Gasteiger partial charge is 0.396 e. The molecule has 0 aromatic heterocycles. The lowest BCUT2D eigenvalue weighted by molar-refractivity contribution is 0.241. The van der Waals surface area contributed by atoms with Crippen LogP contribution >= 0.6 is 24.0 Å². The number of nitrogens with one attached hydrogen (secondary N) is 2. The van der Waals surface area contributed by atoms with Gasteiger partial charge in [-0.15, -0.1) is 24.0 Å². The molecule has 0 amide bonds. The summed E-state index contributed by atoms with van der Waals surface area (Å²) in [6, 6.07) is 11.1. The lowest BCUT2D eigenvalue weighted by atomic mass is 10.0. The maximum atomic E-state index is 9.12. The van der Waals surface area contributed by atoms with Gasteiger partial charge in [-0.1, -0.05) is 25.1 Å². The summed E-state index contributed by atoms with van der Waals surface area (Å²) in [7, 11) is 0. The molecule has 0 radical (unpaired) electrons. The van der Waals surface area contributed by atoms with E-state index < -0.39 is 0 Å². The van der Waals surface area contributed by atoms with Crippen molar-refractivity contribution in [2.24, 2.45) is 10.9 Å². The van der Waals surface area contributed by atoms with Crippen LogP contribution < -0.4 is 15.5 Å². The van der Waals surface area contributed by atoms with Crippen LogP contribution in [0.5, 0.6) is 0 Å². The van der Waals surface area contributed by atoms with E-state index in [-0.39, 0.29) is 36.5 Å². The number of benzene rings is 1. The standard InChI is InChI=1S/C18H30N4O.HI/c1-3-19-18(20-13-15(2)14-23)21-16-9-11-22(12-10-16)17-7-5-4-6-8-17;/h4-8,15-16,23H,3,9-14H2,1-2H3,(H2,19,20,21);1H. The lowest BCUT2D eigenvalue weighted by Crippen LogP contribution is -2.49. The molecule has 1 aliphatic heterocycles. The first kappa shape index (κ1) is 21.0. The molecule has 1 aliphatic rings. The van der Waals surface area contributed by atoms with Crippen LogP contribution in [0.1, 0.15) is 26.7 Å². The van der Waals surface area contributed by atoms with Crippen LogP contribution in [0.25, 0.3) is 0 Å². The van der Waals surface area contributed by atoms with Crippen LogP contribution in [0.15, 0.2) is 35.3 Å². The summed E-state index contributed by atoms with van der Waals surface area (Å²) in [4.78, 5) is 7.02. The number of anilines is 1. The Bertz CT molecular complexity index is 475. The van der Waals surface area contributed by atoms with Crippen molar-refractivity contribution in [1.29, 1.82) is 0 Å². The van der Waals surface area contributed by atoms with Gasteiger partial charge < -0.3 is 20.6 Å². The summed E-state index contributed by atoms with van der Waals surface area (Å²) in [6.45, 7) is 7.88. The first-order chi connectivity index (χ1) is 11.2. The summed E-state index contributed by atoms with van der Waals surface area (Å²) in [5.74, 6) is 1.07. The van der Waals surface area contributed by atoms with Gasteiger partial charge in [0.1, 0.15) is 0 Å². The molecule has 0 bridgehead atoms. The van der Waals surface area contributed by atoms with E-state index in [1.807, 2.05) is 6.92 Å². The smallest absolute Gasteiger partial charge is 0.191 e. The predicted molar refractivity (Wildman–Crippen MR) is 112 cm³/mol. The lowest BCUT2D eigenvalue weighted by Gasteiger charge is -2.34. The fraction of sp³-hybridized carbons (Fsp3) is 0.611. The fourth-order valence-corrected chi connectivity index (χ4v) is 2.74. The van der Waals surface area contributed by atoms with Crippen molar-refractivity contribution >= 4 is 35.6 Å². The molecular formula is C18H31IN4O. The zero-order valence-electron chi connectivity index (χ0n) is 14.7. The van der Waals surface area contributed by atoms with Crippen LogP contribution in [0.4, 0.5) is 5.69 Å². The predicted octanol–water partition coefficient (Wildman–Crippen LogP) is 2.46. The van der Waals surface area contributed by atoms with Gasteiger partial charge in [-0.25, -0.2) is 0 Å². The average Bonchev–Trinajstić information content (AvgIpc) is 2.61. The number of guanidine groups is 1. The Kier molecular flexibility index (Phi) is 10.1. The first-order valence-electron chi connectivity index (χ1n) is 8.68. The highest BCUT2D eigenvalue weighted by atomic mass is 127. The van der Waals surface area contributed by atoms with Gasteiger partial charge in [-0.05, 0) is 37.8 Å². The molecule has 1 heterocycles. The molecule has 1 aromatic rings. The molecular weight excluding hydrogens is 415 g/mol. The third-order valence-corrected chi connectivity index (χ3v) is 4.17. The van der Waals surface area contributed by atoms with Crippen LogP contribution in [0, 0.1) is 5.92 Å². The monoisotopic (exact) mass is 446 g/mol. The van der Waals surface area contributed by atoms with Crippen molar-refractivity contribution in [3.8, 4) is 0 Å². The minimum atomic E-state index is 0. The van der Waals surface area contributed by atoms with Gasteiger partial charge in [-0.3, -0.25) is 4.99 Å². The number of nitrogens with zero attached hydrogens (tertiary/aromatic N) is 2. The number of para-hydroxylation sites is 1. The summed E-state index contributed by atoms with van der Waals surface area (Å²) in [6.07, 6.45) is 2.21. The van der Waals surface area contributed by atoms with Gasteiger partial charge in [0.05, 0.1) is 0 Å². The number of hydrogen-bond donors (Lipinski definition) is 3. The van der Waals surface area contributed by atoms with E-state index in [9.17, 15) is 0 Å². The SMILES string of the molecule is CCNC(=NCC(C)CO)NC1CCN(c2ccccc2)CC1.I. The second-order valence-corrected chi connectivity index (χ2v) is 6.25. The molecule has 0 spiro atoms. The molecule has 0 aliphatic carbocycles.